The van der Waals surface area contributed by atoms with E-state index in [0.717, 1.165) is 0 Å². The molecule has 2 aromatic rings. The maximum absolute atomic E-state index is 10.1. The van der Waals surface area contributed by atoms with Gasteiger partial charge in [0.1, 0.15) is 30.3 Å². The van der Waals surface area contributed by atoms with Gasteiger partial charge in [-0.2, -0.15) is 0 Å². The number of hydrogen-bond donors (Lipinski definition) is 5. The number of nitrogens with zero attached hydrogens (tertiary/aromatic N) is 3. The molecule has 3 heterocycles. The van der Waals surface area contributed by atoms with Crippen LogP contribution >= 0.6 is 15.9 Å². The van der Waals surface area contributed by atoms with Crippen molar-refractivity contribution in [3.63, 3.8) is 0 Å². The second-order valence-corrected chi connectivity index (χ2v) is 5.50. The number of anilines is 1. The molecule has 9 nitrogen and oxygen atoms in total. The predicted molar refractivity (Wildman–Crippen MR) is 73.6 cm³/mol. The van der Waals surface area contributed by atoms with Crippen LogP contribution in [0.15, 0.2) is 17.0 Å². The molecule has 1 saturated heterocycles. The predicted octanol–water partition coefficient (Wildman–Crippen LogP) is -0.394. The molecule has 0 bridgehead atoms. The molecule has 2 aromatic heterocycles. The standard InChI is InChI=1S/C11H13BrN4O5/c12-4-1-16(10-6(4)9(15-20)13-3-14-10)11-8(19)7(18)5(2-17)21-11/h1,3,5,7-8,11,17-20H,2H2,(H,13,14,15)/t5-,7+,8-,11+/m0/s1. The Balaban J connectivity index is 2.10. The minimum atomic E-state index is -1.22. The zero-order chi connectivity index (χ0) is 15.1. The van der Waals surface area contributed by atoms with Crippen LogP contribution < -0.4 is 5.48 Å². The molecule has 0 radical (unpaired) electrons. The average Bonchev–Trinajstić information content (AvgIpc) is 2.98. The molecule has 114 valence electrons. The van der Waals surface area contributed by atoms with Crippen molar-refractivity contribution in [1.82, 2.24) is 14.5 Å². The van der Waals surface area contributed by atoms with E-state index in [4.69, 9.17) is 15.1 Å². The van der Waals surface area contributed by atoms with Gasteiger partial charge in [-0.15, -0.1) is 0 Å². The van der Waals surface area contributed by atoms with E-state index in [2.05, 4.69) is 25.9 Å². The van der Waals surface area contributed by atoms with Crippen LogP contribution in [-0.2, 0) is 4.74 Å². The maximum atomic E-state index is 10.1. The first kappa shape index (κ1) is 14.6. The third-order valence-corrected chi connectivity index (χ3v) is 4.06. The quantitative estimate of drug-likeness (QED) is 0.467. The van der Waals surface area contributed by atoms with E-state index in [-0.39, 0.29) is 5.82 Å². The van der Waals surface area contributed by atoms with Gasteiger partial charge in [0.25, 0.3) is 0 Å². The number of aromatic nitrogens is 3. The Kier molecular flexibility index (Phi) is 3.82. The number of nitrogens with one attached hydrogen (secondary N) is 1. The van der Waals surface area contributed by atoms with Crippen molar-refractivity contribution < 1.29 is 25.3 Å². The minimum Gasteiger partial charge on any atom is -0.394 e. The first-order valence-electron chi connectivity index (χ1n) is 6.12. The lowest BCUT2D eigenvalue weighted by Crippen LogP contribution is -2.33. The highest BCUT2D eigenvalue weighted by Crippen LogP contribution is 2.36. The van der Waals surface area contributed by atoms with Gasteiger partial charge in [-0.05, 0) is 15.9 Å². The third-order valence-electron chi connectivity index (χ3n) is 3.46. The fourth-order valence-corrected chi connectivity index (χ4v) is 3.01. The van der Waals surface area contributed by atoms with Gasteiger partial charge in [0.15, 0.2) is 12.0 Å². The summed E-state index contributed by atoms with van der Waals surface area (Å²) in [5.41, 5.74) is 2.36. The highest BCUT2D eigenvalue weighted by molar-refractivity contribution is 9.10. The van der Waals surface area contributed by atoms with E-state index in [1.54, 1.807) is 6.20 Å². The molecule has 10 heteroatoms. The van der Waals surface area contributed by atoms with Crippen molar-refractivity contribution in [2.75, 3.05) is 12.1 Å². The van der Waals surface area contributed by atoms with E-state index in [9.17, 15) is 10.2 Å². The van der Waals surface area contributed by atoms with E-state index in [0.29, 0.717) is 15.5 Å². The second-order valence-electron chi connectivity index (χ2n) is 4.65. The van der Waals surface area contributed by atoms with Crippen molar-refractivity contribution in [1.29, 1.82) is 0 Å². The van der Waals surface area contributed by atoms with Crippen LogP contribution in [0.5, 0.6) is 0 Å². The highest BCUT2D eigenvalue weighted by atomic mass is 79.9. The molecule has 1 fully saturated rings. The summed E-state index contributed by atoms with van der Waals surface area (Å²) in [6, 6.07) is 0. The molecule has 21 heavy (non-hydrogen) atoms. The summed E-state index contributed by atoms with van der Waals surface area (Å²) in [4.78, 5) is 7.98. The molecule has 0 aliphatic carbocycles. The largest absolute Gasteiger partial charge is 0.394 e. The van der Waals surface area contributed by atoms with Crippen molar-refractivity contribution >= 4 is 32.8 Å². The number of hydrogen-bond acceptors (Lipinski definition) is 8. The van der Waals surface area contributed by atoms with Crippen LogP contribution in [0, 0.1) is 0 Å². The summed E-state index contributed by atoms with van der Waals surface area (Å²) in [5.74, 6) is 0.192. The third kappa shape index (κ3) is 2.20. The van der Waals surface area contributed by atoms with Gasteiger partial charge in [0.2, 0.25) is 0 Å². The SMILES string of the molecule is OC[C@@H]1O[C@@H](n2cc(Br)c3c(NO)ncnc32)[C@@H](O)[C@@H]1O. The van der Waals surface area contributed by atoms with Crippen LogP contribution in [0.3, 0.4) is 0 Å². The second kappa shape index (κ2) is 5.48. The van der Waals surface area contributed by atoms with Gasteiger partial charge in [-0.3, -0.25) is 10.7 Å². The Morgan fingerprint density at radius 2 is 2.10 bits per heavy atom. The van der Waals surface area contributed by atoms with E-state index in [1.807, 2.05) is 5.48 Å². The molecule has 1 aliphatic heterocycles. The summed E-state index contributed by atoms with van der Waals surface area (Å²) < 4.78 is 7.55. The molecule has 1 aliphatic rings. The number of ether oxygens (including phenoxy) is 1. The van der Waals surface area contributed by atoms with E-state index < -0.39 is 31.1 Å². The fourth-order valence-electron chi connectivity index (χ4n) is 2.43. The number of fused-ring (bicyclic) bond motifs is 1. The summed E-state index contributed by atoms with van der Waals surface area (Å²) in [6.45, 7) is -0.409. The summed E-state index contributed by atoms with van der Waals surface area (Å²) in [7, 11) is 0. The number of aliphatic hydroxyl groups excluding tert-OH is 3. The fraction of sp³-hybridized carbons (Fsp3) is 0.455. The Morgan fingerprint density at radius 3 is 2.71 bits per heavy atom. The normalized spacial score (nSPS) is 29.2. The van der Waals surface area contributed by atoms with Crippen molar-refractivity contribution in [3.8, 4) is 0 Å². The smallest absolute Gasteiger partial charge is 0.164 e. The Morgan fingerprint density at radius 1 is 1.33 bits per heavy atom. The van der Waals surface area contributed by atoms with Crippen LogP contribution in [0.1, 0.15) is 6.23 Å². The first-order valence-corrected chi connectivity index (χ1v) is 6.91. The lowest BCUT2D eigenvalue weighted by Gasteiger charge is -2.17. The molecule has 0 unspecified atom stereocenters. The number of halogens is 1. The Labute approximate surface area is 126 Å². The molecule has 0 aromatic carbocycles. The summed E-state index contributed by atoms with van der Waals surface area (Å²) in [5, 5.41) is 38.6. The van der Waals surface area contributed by atoms with Crippen LogP contribution in [0.2, 0.25) is 0 Å². The average molecular weight is 361 g/mol. The van der Waals surface area contributed by atoms with Gasteiger partial charge in [0.05, 0.1) is 12.0 Å². The van der Waals surface area contributed by atoms with Gasteiger partial charge < -0.3 is 24.6 Å². The van der Waals surface area contributed by atoms with Crippen molar-refractivity contribution in [3.05, 3.63) is 17.0 Å². The minimum absolute atomic E-state index is 0.192. The zero-order valence-corrected chi connectivity index (χ0v) is 12.2. The molecular formula is C11H13BrN4O5. The number of aliphatic hydroxyl groups is 3. The zero-order valence-electron chi connectivity index (χ0n) is 10.6. The van der Waals surface area contributed by atoms with Crippen LogP contribution in [-0.4, -0.2) is 60.0 Å². The lowest BCUT2D eigenvalue weighted by atomic mass is 10.1. The molecule has 0 amide bonds. The van der Waals surface area contributed by atoms with Crippen LogP contribution in [0.25, 0.3) is 11.0 Å². The molecule has 0 spiro atoms. The van der Waals surface area contributed by atoms with Gasteiger partial charge in [-0.25, -0.2) is 9.97 Å². The highest BCUT2D eigenvalue weighted by Gasteiger charge is 2.44. The van der Waals surface area contributed by atoms with Crippen molar-refractivity contribution in [2.45, 2.75) is 24.5 Å². The van der Waals surface area contributed by atoms with Gasteiger partial charge >= 0.3 is 0 Å². The van der Waals surface area contributed by atoms with Gasteiger partial charge in [0, 0.05) is 10.7 Å². The molecule has 4 atom stereocenters. The first-order chi connectivity index (χ1) is 10.1. The summed E-state index contributed by atoms with van der Waals surface area (Å²) >= 11 is 3.32. The molecule has 3 rings (SSSR count). The van der Waals surface area contributed by atoms with Gasteiger partial charge in [-0.1, -0.05) is 0 Å². The lowest BCUT2D eigenvalue weighted by molar-refractivity contribution is -0.0509. The van der Waals surface area contributed by atoms with E-state index >= 15 is 0 Å². The maximum Gasteiger partial charge on any atom is 0.164 e. The molecule has 5 N–H and O–H groups in total. The monoisotopic (exact) mass is 360 g/mol. The Hall–Kier alpha value is -1.30. The topological polar surface area (TPSA) is 133 Å². The van der Waals surface area contributed by atoms with Crippen molar-refractivity contribution in [2.24, 2.45) is 0 Å². The molecule has 0 saturated carbocycles. The van der Waals surface area contributed by atoms with Crippen LogP contribution in [0.4, 0.5) is 5.82 Å². The summed E-state index contributed by atoms with van der Waals surface area (Å²) in [6.07, 6.45) is -1.37. The van der Waals surface area contributed by atoms with E-state index in [1.165, 1.54) is 10.9 Å². The number of rotatable bonds is 3. The molecular weight excluding hydrogens is 348 g/mol. The Bertz CT molecular complexity index is 665.